The zero-order valence-corrected chi connectivity index (χ0v) is 20.1. The van der Waals surface area contributed by atoms with Crippen molar-refractivity contribution in [2.45, 2.75) is 20.3 Å². The molecule has 4 aromatic rings. The number of benzene rings is 2. The SMILES string of the molecule is COC1=C(c2c[nH]c3ccccc23)C(=O)C(OC)=C(c2c(CC=C(C)C)[nH]c3ccccc23)C1=O. The number of Topliss-reactive ketones (excluding diaryl/α,β-unsaturated/α-hetero) is 2. The highest BCUT2D eigenvalue weighted by atomic mass is 16.5. The van der Waals surface area contributed by atoms with Crippen molar-refractivity contribution in [3.63, 3.8) is 0 Å². The van der Waals surface area contributed by atoms with Gasteiger partial charge in [-0.05, 0) is 26.0 Å². The number of H-pyrrole nitrogens is 2. The minimum atomic E-state index is -0.387. The van der Waals surface area contributed by atoms with Crippen LogP contribution in [0, 0.1) is 0 Å². The van der Waals surface area contributed by atoms with Gasteiger partial charge in [-0.3, -0.25) is 9.59 Å². The number of carbonyl (C=O) groups is 2. The van der Waals surface area contributed by atoms with E-state index in [4.69, 9.17) is 9.47 Å². The predicted molar refractivity (Wildman–Crippen MR) is 138 cm³/mol. The van der Waals surface area contributed by atoms with Crippen molar-refractivity contribution in [3.8, 4) is 0 Å². The number of ketones is 2. The molecule has 0 saturated carbocycles. The molecule has 1 aliphatic carbocycles. The summed E-state index contributed by atoms with van der Waals surface area (Å²) >= 11 is 0. The van der Waals surface area contributed by atoms with Gasteiger partial charge in [0.2, 0.25) is 11.6 Å². The highest BCUT2D eigenvalue weighted by molar-refractivity contribution is 6.48. The molecule has 2 aromatic carbocycles. The van der Waals surface area contributed by atoms with Gasteiger partial charge in [0.15, 0.2) is 11.5 Å². The van der Waals surface area contributed by atoms with Gasteiger partial charge in [-0.25, -0.2) is 0 Å². The first-order valence-corrected chi connectivity index (χ1v) is 11.4. The van der Waals surface area contributed by atoms with Crippen LogP contribution < -0.4 is 0 Å². The second-order valence-corrected chi connectivity index (χ2v) is 8.73. The Hall–Kier alpha value is -4.32. The average Bonchev–Trinajstić information content (AvgIpc) is 3.44. The van der Waals surface area contributed by atoms with E-state index in [-0.39, 0.29) is 34.2 Å². The zero-order chi connectivity index (χ0) is 24.7. The summed E-state index contributed by atoms with van der Waals surface area (Å²) in [6.45, 7) is 4.05. The van der Waals surface area contributed by atoms with E-state index in [0.29, 0.717) is 17.5 Å². The number of para-hydroxylation sites is 2. The van der Waals surface area contributed by atoms with E-state index >= 15 is 0 Å². The Balaban J connectivity index is 1.77. The summed E-state index contributed by atoms with van der Waals surface area (Å²) < 4.78 is 11.3. The van der Waals surface area contributed by atoms with E-state index in [1.54, 1.807) is 6.20 Å². The van der Waals surface area contributed by atoms with Crippen LogP contribution in [0.2, 0.25) is 0 Å². The highest BCUT2D eigenvalue weighted by Gasteiger charge is 2.40. The number of allylic oxidation sites excluding steroid dienone is 4. The molecule has 6 heteroatoms. The smallest absolute Gasteiger partial charge is 0.232 e. The van der Waals surface area contributed by atoms with Crippen LogP contribution >= 0.6 is 0 Å². The van der Waals surface area contributed by atoms with Gasteiger partial charge < -0.3 is 19.4 Å². The first-order valence-electron chi connectivity index (χ1n) is 11.4. The molecule has 0 fully saturated rings. The Kier molecular flexibility index (Phi) is 5.65. The van der Waals surface area contributed by atoms with Crippen LogP contribution in [0.3, 0.4) is 0 Å². The number of rotatable bonds is 6. The Labute approximate surface area is 202 Å². The van der Waals surface area contributed by atoms with Gasteiger partial charge in [0.25, 0.3) is 0 Å². The molecule has 0 aliphatic heterocycles. The first-order chi connectivity index (χ1) is 17.0. The Morgan fingerprint density at radius 2 is 1.43 bits per heavy atom. The molecule has 1 aliphatic rings. The summed E-state index contributed by atoms with van der Waals surface area (Å²) in [5.74, 6) is -0.747. The lowest BCUT2D eigenvalue weighted by atomic mass is 9.84. The van der Waals surface area contributed by atoms with Crippen molar-refractivity contribution < 1.29 is 19.1 Å². The third-order valence-electron chi connectivity index (χ3n) is 6.34. The number of hydrogen-bond donors (Lipinski definition) is 2. The Morgan fingerprint density at radius 3 is 2.11 bits per heavy atom. The average molecular weight is 467 g/mol. The molecule has 6 nitrogen and oxygen atoms in total. The fourth-order valence-electron chi connectivity index (χ4n) is 4.74. The quantitative estimate of drug-likeness (QED) is 0.281. The topological polar surface area (TPSA) is 84.2 Å². The van der Waals surface area contributed by atoms with Crippen molar-refractivity contribution in [3.05, 3.63) is 94.7 Å². The number of ether oxygens (including phenoxy) is 2. The number of aromatic nitrogens is 2. The number of carbonyl (C=O) groups excluding carboxylic acids is 2. The maximum atomic E-state index is 14.0. The first kappa shape index (κ1) is 22.5. The Bertz CT molecular complexity index is 1590. The molecule has 2 heterocycles. The van der Waals surface area contributed by atoms with Gasteiger partial charge in [-0.1, -0.05) is 48.0 Å². The van der Waals surface area contributed by atoms with E-state index in [2.05, 4.69) is 16.0 Å². The van der Waals surface area contributed by atoms with Crippen LogP contribution in [-0.4, -0.2) is 35.8 Å². The van der Waals surface area contributed by atoms with Crippen LogP contribution in [-0.2, 0) is 25.5 Å². The van der Waals surface area contributed by atoms with Gasteiger partial charge in [-0.15, -0.1) is 0 Å². The standard InChI is InChI=1S/C29H26N2O4/c1-16(2)13-14-22-23(18-10-6-8-12-21(18)31-22)25-27(33)28(34-3)24(26(32)29(25)35-4)19-15-30-20-11-7-5-9-17(19)20/h5-13,15,30-31H,14H2,1-4H3. The number of nitrogens with one attached hydrogen (secondary N) is 2. The van der Waals surface area contributed by atoms with Crippen LogP contribution in [0.4, 0.5) is 0 Å². The Morgan fingerprint density at radius 1 is 0.829 bits per heavy atom. The minimum Gasteiger partial charge on any atom is -0.492 e. The molecule has 0 amide bonds. The zero-order valence-electron chi connectivity index (χ0n) is 20.1. The fourth-order valence-corrected chi connectivity index (χ4v) is 4.74. The second kappa shape index (κ2) is 8.80. The molecule has 176 valence electrons. The van der Waals surface area contributed by atoms with Crippen molar-refractivity contribution >= 4 is 44.5 Å². The van der Waals surface area contributed by atoms with Crippen molar-refractivity contribution in [1.82, 2.24) is 9.97 Å². The van der Waals surface area contributed by atoms with Gasteiger partial charge in [-0.2, -0.15) is 0 Å². The normalized spacial score (nSPS) is 14.3. The van der Waals surface area contributed by atoms with Gasteiger partial charge in [0.05, 0.1) is 25.4 Å². The monoisotopic (exact) mass is 466 g/mol. The maximum absolute atomic E-state index is 14.0. The van der Waals surface area contributed by atoms with Gasteiger partial charge in [0.1, 0.15) is 0 Å². The largest absolute Gasteiger partial charge is 0.492 e. The number of methoxy groups -OCH3 is 2. The molecule has 2 aromatic heterocycles. The summed E-state index contributed by atoms with van der Waals surface area (Å²) in [4.78, 5) is 34.6. The number of fused-ring (bicyclic) bond motifs is 2. The van der Waals surface area contributed by atoms with Crippen LogP contribution in [0.25, 0.3) is 33.0 Å². The number of hydrogen-bond acceptors (Lipinski definition) is 4. The summed E-state index contributed by atoms with van der Waals surface area (Å²) in [6, 6.07) is 15.4. The lowest BCUT2D eigenvalue weighted by Crippen LogP contribution is -2.25. The third kappa shape index (κ3) is 3.58. The molecule has 5 rings (SSSR count). The van der Waals surface area contributed by atoms with E-state index in [0.717, 1.165) is 33.1 Å². The third-order valence-corrected chi connectivity index (χ3v) is 6.34. The van der Waals surface area contributed by atoms with E-state index in [9.17, 15) is 9.59 Å². The molecule has 0 radical (unpaired) electrons. The van der Waals surface area contributed by atoms with Crippen LogP contribution in [0.15, 0.2) is 77.9 Å². The molecular weight excluding hydrogens is 440 g/mol. The van der Waals surface area contributed by atoms with Crippen molar-refractivity contribution in [1.29, 1.82) is 0 Å². The summed E-state index contributed by atoms with van der Waals surface area (Å²) in [5, 5.41) is 1.68. The van der Waals surface area contributed by atoms with Crippen LogP contribution in [0.1, 0.15) is 30.7 Å². The van der Waals surface area contributed by atoms with E-state index < -0.39 is 0 Å². The second-order valence-electron chi connectivity index (χ2n) is 8.73. The molecule has 35 heavy (non-hydrogen) atoms. The van der Waals surface area contributed by atoms with Crippen molar-refractivity contribution in [2.24, 2.45) is 0 Å². The van der Waals surface area contributed by atoms with E-state index in [1.165, 1.54) is 14.2 Å². The summed E-state index contributed by atoms with van der Waals surface area (Å²) in [5.41, 5.74) is 5.42. The summed E-state index contributed by atoms with van der Waals surface area (Å²) in [6.07, 6.45) is 4.39. The van der Waals surface area contributed by atoms with E-state index in [1.807, 2.05) is 62.4 Å². The lowest BCUT2D eigenvalue weighted by molar-refractivity contribution is -0.117. The van der Waals surface area contributed by atoms with Crippen LogP contribution in [0.5, 0.6) is 0 Å². The molecular formula is C29H26N2O4. The minimum absolute atomic E-state index is 0.00833. The highest BCUT2D eigenvalue weighted by Crippen LogP contribution is 2.41. The van der Waals surface area contributed by atoms with Crippen molar-refractivity contribution in [2.75, 3.05) is 14.2 Å². The lowest BCUT2D eigenvalue weighted by Gasteiger charge is -2.22. The summed E-state index contributed by atoms with van der Waals surface area (Å²) in [7, 11) is 2.85. The molecule has 0 saturated heterocycles. The maximum Gasteiger partial charge on any atom is 0.232 e. The molecule has 2 N–H and O–H groups in total. The molecule has 0 atom stereocenters. The predicted octanol–water partition coefficient (Wildman–Crippen LogP) is 5.72. The molecule has 0 unspecified atom stereocenters. The molecule has 0 spiro atoms. The number of aromatic amines is 2. The fraction of sp³-hybridized carbons (Fsp3) is 0.172. The van der Waals surface area contributed by atoms with Gasteiger partial charge >= 0.3 is 0 Å². The van der Waals surface area contributed by atoms with Gasteiger partial charge in [0, 0.05) is 51.2 Å². The molecule has 0 bridgehead atoms.